The number of methoxy groups -OCH3 is 2. The number of hydrogen-bond acceptors (Lipinski definition) is 11. The molecular weight excluding hydrogens is 486 g/mol. The highest BCUT2D eigenvalue weighted by Crippen LogP contribution is 2.31. The SMILES string of the molecule is CNCCOCCOCCNc1nc(NCc2ccc(C)cc2)nc(NCc2cccc(OC)c2OC)n1. The molecule has 0 saturated heterocycles. The van der Waals surface area contributed by atoms with Crippen LogP contribution in [0.2, 0.25) is 0 Å². The van der Waals surface area contributed by atoms with E-state index < -0.39 is 0 Å². The summed E-state index contributed by atoms with van der Waals surface area (Å²) in [5.74, 6) is 2.66. The predicted molar refractivity (Wildman–Crippen MR) is 149 cm³/mol. The van der Waals surface area contributed by atoms with Crippen LogP contribution >= 0.6 is 0 Å². The van der Waals surface area contributed by atoms with E-state index in [4.69, 9.17) is 18.9 Å². The third kappa shape index (κ3) is 9.66. The fourth-order valence-electron chi connectivity index (χ4n) is 3.50. The maximum absolute atomic E-state index is 5.63. The molecule has 0 radical (unpaired) electrons. The largest absolute Gasteiger partial charge is 0.493 e. The lowest BCUT2D eigenvalue weighted by Crippen LogP contribution is -2.18. The van der Waals surface area contributed by atoms with Crippen LogP contribution in [0.1, 0.15) is 16.7 Å². The van der Waals surface area contributed by atoms with Crippen LogP contribution in [0.5, 0.6) is 11.5 Å². The molecule has 2 aromatic carbocycles. The van der Waals surface area contributed by atoms with Crippen molar-refractivity contribution in [1.82, 2.24) is 20.3 Å². The Balaban J connectivity index is 1.62. The maximum Gasteiger partial charge on any atom is 0.229 e. The van der Waals surface area contributed by atoms with Crippen molar-refractivity contribution in [2.45, 2.75) is 20.0 Å². The van der Waals surface area contributed by atoms with Gasteiger partial charge in [-0.2, -0.15) is 15.0 Å². The molecule has 1 heterocycles. The Morgan fingerprint density at radius 1 is 0.684 bits per heavy atom. The number of nitrogens with zero attached hydrogens (tertiary/aromatic N) is 3. The molecule has 3 aromatic rings. The molecule has 11 heteroatoms. The van der Waals surface area contributed by atoms with Gasteiger partial charge in [0.15, 0.2) is 11.5 Å². The molecule has 0 unspecified atom stereocenters. The van der Waals surface area contributed by atoms with Crippen LogP contribution in [0, 0.1) is 6.92 Å². The molecule has 0 spiro atoms. The average Bonchev–Trinajstić information content (AvgIpc) is 2.94. The highest BCUT2D eigenvalue weighted by atomic mass is 16.5. The second-order valence-electron chi connectivity index (χ2n) is 8.41. The molecule has 0 aliphatic carbocycles. The van der Waals surface area contributed by atoms with E-state index in [1.54, 1.807) is 14.2 Å². The standard InChI is InChI=1S/C27H39N7O4/c1-20-8-10-21(11-9-20)18-30-26-32-25(29-13-15-38-17-16-37-14-12-28-2)33-27(34-26)31-19-22-6-5-7-23(35-3)24(22)36-4/h5-11,28H,12-19H2,1-4H3,(H3,29,30,31,32,33,34). The maximum atomic E-state index is 5.63. The van der Waals surface area contributed by atoms with Crippen molar-refractivity contribution >= 4 is 17.8 Å². The van der Waals surface area contributed by atoms with Gasteiger partial charge in [-0.25, -0.2) is 0 Å². The highest BCUT2D eigenvalue weighted by Gasteiger charge is 2.11. The normalized spacial score (nSPS) is 10.7. The van der Waals surface area contributed by atoms with Crippen molar-refractivity contribution in [3.63, 3.8) is 0 Å². The second kappa shape index (κ2) is 16.2. The van der Waals surface area contributed by atoms with Crippen molar-refractivity contribution in [3.05, 3.63) is 59.2 Å². The van der Waals surface area contributed by atoms with E-state index in [2.05, 4.69) is 67.4 Å². The van der Waals surface area contributed by atoms with E-state index in [-0.39, 0.29) is 0 Å². The molecule has 1 aromatic heterocycles. The van der Waals surface area contributed by atoms with E-state index in [9.17, 15) is 0 Å². The van der Waals surface area contributed by atoms with Crippen LogP contribution in [-0.4, -0.2) is 75.7 Å². The summed E-state index contributed by atoms with van der Waals surface area (Å²) in [6.45, 7) is 6.71. The number of rotatable bonds is 18. The highest BCUT2D eigenvalue weighted by molar-refractivity contribution is 5.49. The molecule has 206 valence electrons. The molecule has 0 bridgehead atoms. The topological polar surface area (TPSA) is 124 Å². The first-order chi connectivity index (χ1) is 18.6. The van der Waals surface area contributed by atoms with Gasteiger partial charge >= 0.3 is 0 Å². The molecule has 0 aliphatic rings. The zero-order valence-corrected chi connectivity index (χ0v) is 22.7. The minimum Gasteiger partial charge on any atom is -0.493 e. The van der Waals surface area contributed by atoms with Gasteiger partial charge in [-0.3, -0.25) is 0 Å². The van der Waals surface area contributed by atoms with Gasteiger partial charge < -0.3 is 40.2 Å². The van der Waals surface area contributed by atoms with Gasteiger partial charge in [0.1, 0.15) is 0 Å². The lowest BCUT2D eigenvalue weighted by Gasteiger charge is -2.14. The molecule has 0 saturated carbocycles. The first-order valence-corrected chi connectivity index (χ1v) is 12.7. The molecular formula is C27H39N7O4. The Kier molecular flexibility index (Phi) is 12.3. The van der Waals surface area contributed by atoms with Crippen LogP contribution in [0.15, 0.2) is 42.5 Å². The number of para-hydroxylation sites is 1. The van der Waals surface area contributed by atoms with Gasteiger partial charge in [0.25, 0.3) is 0 Å². The van der Waals surface area contributed by atoms with Crippen LogP contribution in [-0.2, 0) is 22.6 Å². The fourth-order valence-corrected chi connectivity index (χ4v) is 3.50. The molecule has 11 nitrogen and oxygen atoms in total. The fraction of sp³-hybridized carbons (Fsp3) is 0.444. The van der Waals surface area contributed by atoms with Crippen molar-refractivity contribution in [2.75, 3.05) is 76.7 Å². The lowest BCUT2D eigenvalue weighted by atomic mass is 10.1. The number of likely N-dealkylation sites (N-methyl/N-ethyl adjacent to an activating group) is 1. The summed E-state index contributed by atoms with van der Waals surface area (Å²) >= 11 is 0. The molecule has 0 atom stereocenters. The van der Waals surface area contributed by atoms with Gasteiger partial charge in [-0.15, -0.1) is 0 Å². The molecule has 38 heavy (non-hydrogen) atoms. The van der Waals surface area contributed by atoms with Gasteiger partial charge in [-0.1, -0.05) is 42.0 Å². The van der Waals surface area contributed by atoms with Gasteiger partial charge in [0.2, 0.25) is 17.8 Å². The van der Waals surface area contributed by atoms with Crippen molar-refractivity contribution in [3.8, 4) is 11.5 Å². The van der Waals surface area contributed by atoms with Crippen molar-refractivity contribution < 1.29 is 18.9 Å². The molecule has 0 amide bonds. The van der Waals surface area contributed by atoms with E-state index in [1.165, 1.54) is 5.56 Å². The van der Waals surface area contributed by atoms with E-state index in [0.29, 0.717) is 75.4 Å². The third-order valence-corrected chi connectivity index (χ3v) is 5.53. The summed E-state index contributed by atoms with van der Waals surface area (Å²) in [5.41, 5.74) is 3.26. The van der Waals surface area contributed by atoms with Crippen molar-refractivity contribution in [1.29, 1.82) is 0 Å². The number of benzene rings is 2. The Morgan fingerprint density at radius 3 is 1.95 bits per heavy atom. The van der Waals surface area contributed by atoms with Gasteiger partial charge in [0.05, 0.1) is 40.6 Å². The first kappa shape index (κ1) is 28.9. The van der Waals surface area contributed by atoms with Crippen LogP contribution in [0.25, 0.3) is 0 Å². The third-order valence-electron chi connectivity index (χ3n) is 5.53. The Bertz CT molecular complexity index is 1100. The molecule has 3 rings (SSSR count). The lowest BCUT2D eigenvalue weighted by molar-refractivity contribution is 0.0531. The molecule has 0 fully saturated rings. The first-order valence-electron chi connectivity index (χ1n) is 12.7. The zero-order chi connectivity index (χ0) is 27.0. The Hall–Kier alpha value is -3.67. The second-order valence-corrected chi connectivity index (χ2v) is 8.41. The van der Waals surface area contributed by atoms with E-state index >= 15 is 0 Å². The zero-order valence-electron chi connectivity index (χ0n) is 22.7. The molecule has 0 aliphatic heterocycles. The number of ether oxygens (including phenoxy) is 4. The summed E-state index contributed by atoms with van der Waals surface area (Å²) in [4.78, 5) is 13.6. The van der Waals surface area contributed by atoms with Gasteiger partial charge in [0, 0.05) is 31.7 Å². The number of hydrogen-bond donors (Lipinski definition) is 4. The van der Waals surface area contributed by atoms with Crippen LogP contribution in [0.4, 0.5) is 17.8 Å². The number of nitrogens with one attached hydrogen (secondary N) is 4. The summed E-state index contributed by atoms with van der Waals surface area (Å²) in [7, 11) is 5.13. The average molecular weight is 526 g/mol. The van der Waals surface area contributed by atoms with Crippen molar-refractivity contribution in [2.24, 2.45) is 0 Å². The summed E-state index contributed by atoms with van der Waals surface area (Å²) in [5, 5.41) is 12.8. The smallest absolute Gasteiger partial charge is 0.229 e. The Morgan fingerprint density at radius 2 is 1.32 bits per heavy atom. The quantitative estimate of drug-likeness (QED) is 0.183. The number of anilines is 3. The minimum absolute atomic E-state index is 0.428. The number of aryl methyl sites for hydroxylation is 1. The number of aromatic nitrogens is 3. The van der Waals surface area contributed by atoms with E-state index in [1.807, 2.05) is 25.2 Å². The summed E-state index contributed by atoms with van der Waals surface area (Å²) in [6.07, 6.45) is 0. The summed E-state index contributed by atoms with van der Waals surface area (Å²) in [6, 6.07) is 14.1. The van der Waals surface area contributed by atoms with Crippen LogP contribution in [0.3, 0.4) is 0 Å². The monoisotopic (exact) mass is 525 g/mol. The van der Waals surface area contributed by atoms with Crippen LogP contribution < -0.4 is 30.7 Å². The van der Waals surface area contributed by atoms with E-state index in [0.717, 1.165) is 17.7 Å². The predicted octanol–water partition coefficient (Wildman–Crippen LogP) is 3.09. The summed E-state index contributed by atoms with van der Waals surface area (Å²) < 4.78 is 22.0. The molecule has 4 N–H and O–H groups in total. The van der Waals surface area contributed by atoms with Gasteiger partial charge in [-0.05, 0) is 25.6 Å². The Labute approximate surface area is 224 Å². The minimum atomic E-state index is 0.428.